The van der Waals surface area contributed by atoms with Gasteiger partial charge in [-0.15, -0.1) is 0 Å². The van der Waals surface area contributed by atoms with Crippen molar-refractivity contribution < 1.29 is 13.9 Å². The maximum absolute atomic E-state index is 14.0. The second kappa shape index (κ2) is 8.60. The molecule has 0 saturated carbocycles. The molecule has 5 nitrogen and oxygen atoms in total. The third-order valence-corrected chi connectivity index (χ3v) is 4.90. The van der Waals surface area contributed by atoms with E-state index in [9.17, 15) is 9.18 Å². The van der Waals surface area contributed by atoms with Crippen molar-refractivity contribution in [3.8, 4) is 5.75 Å². The molecule has 0 bridgehead atoms. The van der Waals surface area contributed by atoms with Crippen LogP contribution in [0.3, 0.4) is 0 Å². The summed E-state index contributed by atoms with van der Waals surface area (Å²) in [6.07, 6.45) is 0.845. The summed E-state index contributed by atoms with van der Waals surface area (Å²) in [6.45, 7) is 3.61. The first kappa shape index (κ1) is 18.8. The Kier molecular flexibility index (Phi) is 6.21. The molecule has 0 atom stereocenters. The number of hydrogen-bond donors (Lipinski definition) is 0. The standard InChI is InChI=1S/C19H21BrFN3O2/c1-26-15-5-3-14(4-6-15)13-23-9-2-10-24(12-11-23)19(25)18-16(21)7-8-17(20)22-18/h3-8H,2,9-13H2,1H3. The van der Waals surface area contributed by atoms with Crippen molar-refractivity contribution in [1.82, 2.24) is 14.8 Å². The molecule has 26 heavy (non-hydrogen) atoms. The summed E-state index contributed by atoms with van der Waals surface area (Å²) < 4.78 is 19.6. The lowest BCUT2D eigenvalue weighted by atomic mass is 10.2. The van der Waals surface area contributed by atoms with Crippen LogP contribution in [0.5, 0.6) is 5.75 Å². The van der Waals surface area contributed by atoms with E-state index in [1.807, 2.05) is 24.3 Å². The lowest BCUT2D eigenvalue weighted by Gasteiger charge is -2.22. The highest BCUT2D eigenvalue weighted by atomic mass is 79.9. The highest BCUT2D eigenvalue weighted by molar-refractivity contribution is 9.10. The summed E-state index contributed by atoms with van der Waals surface area (Å²) in [4.78, 5) is 20.6. The van der Waals surface area contributed by atoms with Crippen LogP contribution in [0.2, 0.25) is 0 Å². The predicted octanol–water partition coefficient (Wildman–Crippen LogP) is 3.34. The predicted molar refractivity (Wildman–Crippen MR) is 101 cm³/mol. The van der Waals surface area contributed by atoms with Gasteiger partial charge in [0.1, 0.15) is 10.4 Å². The fraction of sp³-hybridized carbons (Fsp3) is 0.368. The molecule has 1 aliphatic heterocycles. The number of pyridine rings is 1. The second-order valence-corrected chi connectivity index (χ2v) is 7.05. The van der Waals surface area contributed by atoms with Crippen LogP contribution in [0.15, 0.2) is 41.0 Å². The fourth-order valence-corrected chi connectivity index (χ4v) is 3.35. The van der Waals surface area contributed by atoms with Gasteiger partial charge < -0.3 is 9.64 Å². The molecule has 0 radical (unpaired) electrons. The summed E-state index contributed by atoms with van der Waals surface area (Å²) in [5, 5.41) is 0. The van der Waals surface area contributed by atoms with Gasteiger partial charge in [-0.2, -0.15) is 0 Å². The van der Waals surface area contributed by atoms with E-state index in [2.05, 4.69) is 25.8 Å². The van der Waals surface area contributed by atoms with Crippen molar-refractivity contribution in [2.75, 3.05) is 33.3 Å². The molecule has 0 aliphatic carbocycles. The number of halogens is 2. The van der Waals surface area contributed by atoms with E-state index in [0.717, 1.165) is 31.8 Å². The molecule has 0 spiro atoms. The molecule has 2 aromatic rings. The molecule has 1 aliphatic rings. The van der Waals surface area contributed by atoms with Crippen LogP contribution in [0, 0.1) is 5.82 Å². The highest BCUT2D eigenvalue weighted by Gasteiger charge is 2.24. The molecular weight excluding hydrogens is 401 g/mol. The van der Waals surface area contributed by atoms with E-state index >= 15 is 0 Å². The van der Waals surface area contributed by atoms with E-state index < -0.39 is 5.82 Å². The van der Waals surface area contributed by atoms with E-state index in [1.165, 1.54) is 17.7 Å². The average molecular weight is 422 g/mol. The topological polar surface area (TPSA) is 45.7 Å². The maximum Gasteiger partial charge on any atom is 0.275 e. The zero-order chi connectivity index (χ0) is 18.5. The molecule has 138 valence electrons. The molecule has 0 unspecified atom stereocenters. The number of rotatable bonds is 4. The van der Waals surface area contributed by atoms with Gasteiger partial charge in [0, 0.05) is 32.7 Å². The van der Waals surface area contributed by atoms with E-state index in [1.54, 1.807) is 12.0 Å². The number of carbonyl (C=O) groups is 1. The van der Waals surface area contributed by atoms with Crippen LogP contribution >= 0.6 is 15.9 Å². The minimum Gasteiger partial charge on any atom is -0.497 e. The third kappa shape index (κ3) is 4.59. The van der Waals surface area contributed by atoms with Crippen molar-refractivity contribution in [3.05, 3.63) is 58.1 Å². The zero-order valence-electron chi connectivity index (χ0n) is 14.6. The van der Waals surface area contributed by atoms with Gasteiger partial charge in [0.2, 0.25) is 0 Å². The molecule has 3 rings (SSSR count). The molecular formula is C19H21BrFN3O2. The second-order valence-electron chi connectivity index (χ2n) is 6.23. The maximum atomic E-state index is 14.0. The van der Waals surface area contributed by atoms with Gasteiger partial charge in [0.25, 0.3) is 5.91 Å². The number of carbonyl (C=O) groups excluding carboxylic acids is 1. The third-order valence-electron chi connectivity index (χ3n) is 4.46. The zero-order valence-corrected chi connectivity index (χ0v) is 16.2. The van der Waals surface area contributed by atoms with Crippen LogP contribution in [0.1, 0.15) is 22.5 Å². The Hall–Kier alpha value is -1.99. The Morgan fingerprint density at radius 2 is 1.92 bits per heavy atom. The van der Waals surface area contributed by atoms with Gasteiger partial charge in [-0.3, -0.25) is 9.69 Å². The molecule has 1 aromatic carbocycles. The monoisotopic (exact) mass is 421 g/mol. The number of aromatic nitrogens is 1. The molecule has 1 amide bonds. The van der Waals surface area contributed by atoms with Crippen molar-refractivity contribution in [1.29, 1.82) is 0 Å². The van der Waals surface area contributed by atoms with Gasteiger partial charge in [0.05, 0.1) is 7.11 Å². The van der Waals surface area contributed by atoms with Crippen molar-refractivity contribution in [2.24, 2.45) is 0 Å². The first-order valence-electron chi connectivity index (χ1n) is 8.53. The SMILES string of the molecule is COc1ccc(CN2CCCN(C(=O)c3nc(Br)ccc3F)CC2)cc1. The Labute approximate surface area is 160 Å². The Balaban J connectivity index is 1.62. The van der Waals surface area contributed by atoms with Crippen LogP contribution in [0.4, 0.5) is 4.39 Å². The summed E-state index contributed by atoms with van der Waals surface area (Å²) in [7, 11) is 1.65. The van der Waals surface area contributed by atoms with Crippen LogP contribution in [-0.4, -0.2) is 54.0 Å². The molecule has 7 heteroatoms. The number of hydrogen-bond acceptors (Lipinski definition) is 4. The lowest BCUT2D eigenvalue weighted by molar-refractivity contribution is 0.0750. The smallest absolute Gasteiger partial charge is 0.275 e. The van der Waals surface area contributed by atoms with Crippen molar-refractivity contribution in [3.63, 3.8) is 0 Å². The van der Waals surface area contributed by atoms with Crippen molar-refractivity contribution in [2.45, 2.75) is 13.0 Å². The molecule has 1 saturated heterocycles. The van der Waals surface area contributed by atoms with Gasteiger partial charge >= 0.3 is 0 Å². The number of methoxy groups -OCH3 is 1. The number of amides is 1. The summed E-state index contributed by atoms with van der Waals surface area (Å²) in [5.41, 5.74) is 1.08. The Morgan fingerprint density at radius 3 is 2.65 bits per heavy atom. The molecule has 0 N–H and O–H groups in total. The van der Waals surface area contributed by atoms with Gasteiger partial charge in [-0.25, -0.2) is 9.37 Å². The fourth-order valence-electron chi connectivity index (χ4n) is 3.04. The summed E-state index contributed by atoms with van der Waals surface area (Å²) >= 11 is 3.20. The van der Waals surface area contributed by atoms with E-state index in [4.69, 9.17) is 4.74 Å². The largest absolute Gasteiger partial charge is 0.497 e. The molecule has 1 fully saturated rings. The van der Waals surface area contributed by atoms with Crippen molar-refractivity contribution >= 4 is 21.8 Å². The Morgan fingerprint density at radius 1 is 1.15 bits per heavy atom. The van der Waals surface area contributed by atoms with Gasteiger partial charge in [-0.05, 0) is 52.2 Å². The Bertz CT molecular complexity index is 770. The number of nitrogens with zero attached hydrogens (tertiary/aromatic N) is 3. The number of benzene rings is 1. The van der Waals surface area contributed by atoms with Gasteiger partial charge in [0.15, 0.2) is 11.5 Å². The summed E-state index contributed by atoms with van der Waals surface area (Å²) in [5.74, 6) is -0.0995. The minimum absolute atomic E-state index is 0.122. The quantitative estimate of drug-likeness (QED) is 0.710. The molecule has 1 aromatic heterocycles. The first-order chi connectivity index (χ1) is 12.6. The van der Waals surface area contributed by atoms with Crippen LogP contribution in [-0.2, 0) is 6.54 Å². The van der Waals surface area contributed by atoms with Crippen LogP contribution < -0.4 is 4.74 Å². The first-order valence-corrected chi connectivity index (χ1v) is 9.33. The normalized spacial score (nSPS) is 15.6. The summed E-state index contributed by atoms with van der Waals surface area (Å²) in [6, 6.07) is 10.7. The highest BCUT2D eigenvalue weighted by Crippen LogP contribution is 2.17. The lowest BCUT2D eigenvalue weighted by Crippen LogP contribution is -2.36. The minimum atomic E-state index is -0.586. The van der Waals surface area contributed by atoms with E-state index in [0.29, 0.717) is 17.7 Å². The number of ether oxygens (including phenoxy) is 1. The average Bonchev–Trinajstić information content (AvgIpc) is 2.89. The van der Waals surface area contributed by atoms with Crippen LogP contribution in [0.25, 0.3) is 0 Å². The van der Waals surface area contributed by atoms with E-state index in [-0.39, 0.29) is 11.6 Å². The molecule has 2 heterocycles. The van der Waals surface area contributed by atoms with Gasteiger partial charge in [-0.1, -0.05) is 12.1 Å².